The number of hydrogen-bond donors (Lipinski definition) is 1. The molecule has 3 rings (SSSR count). The molecule has 0 unspecified atom stereocenters. The molecule has 0 spiro atoms. The lowest BCUT2D eigenvalue weighted by Gasteiger charge is -2.08. The zero-order valence-corrected chi connectivity index (χ0v) is 14.0. The van der Waals surface area contributed by atoms with E-state index in [1.165, 1.54) is 0 Å². The molecular weight excluding hydrogens is 310 g/mol. The number of carbonyl (C=O) groups is 1. The highest BCUT2D eigenvalue weighted by Crippen LogP contribution is 2.23. The van der Waals surface area contributed by atoms with Crippen LogP contribution in [0, 0.1) is 0 Å². The van der Waals surface area contributed by atoms with E-state index in [0.717, 1.165) is 29.8 Å². The zero-order chi connectivity index (χ0) is 17.3. The van der Waals surface area contributed by atoms with Gasteiger partial charge < -0.3 is 10.1 Å². The van der Waals surface area contributed by atoms with Gasteiger partial charge in [-0.15, -0.1) is 0 Å². The average Bonchev–Trinajstić information content (AvgIpc) is 2.67. The first-order valence-electron chi connectivity index (χ1n) is 8.46. The maximum absolute atomic E-state index is 12.0. The smallest absolute Gasteiger partial charge is 0.311 e. The van der Waals surface area contributed by atoms with Gasteiger partial charge in [-0.3, -0.25) is 4.79 Å². The summed E-state index contributed by atoms with van der Waals surface area (Å²) in [7, 11) is 0. The minimum absolute atomic E-state index is 0.208. The van der Waals surface area contributed by atoms with Crippen LogP contribution < -0.4 is 10.1 Å². The largest absolute Gasteiger partial charge is 0.427 e. The first-order chi connectivity index (χ1) is 12.3. The molecule has 3 heteroatoms. The summed E-state index contributed by atoms with van der Waals surface area (Å²) in [6.07, 6.45) is 1.11. The van der Waals surface area contributed by atoms with Crippen LogP contribution in [0.25, 0.3) is 11.1 Å². The fourth-order valence-corrected chi connectivity index (χ4v) is 2.57. The summed E-state index contributed by atoms with van der Waals surface area (Å²) in [6.45, 7) is 0.739. The number of nitrogens with one attached hydrogen (secondary N) is 1. The van der Waals surface area contributed by atoms with Crippen molar-refractivity contribution in [2.45, 2.75) is 12.8 Å². The van der Waals surface area contributed by atoms with Gasteiger partial charge in [0.1, 0.15) is 5.75 Å². The fourth-order valence-electron chi connectivity index (χ4n) is 2.57. The highest BCUT2D eigenvalue weighted by molar-refractivity contribution is 5.73. The van der Waals surface area contributed by atoms with Gasteiger partial charge in [0.15, 0.2) is 0 Å². The lowest BCUT2D eigenvalue weighted by Crippen LogP contribution is -2.10. The van der Waals surface area contributed by atoms with Crippen LogP contribution in [0.4, 0.5) is 5.69 Å². The van der Waals surface area contributed by atoms with Gasteiger partial charge in [-0.2, -0.15) is 0 Å². The van der Waals surface area contributed by atoms with E-state index < -0.39 is 0 Å². The van der Waals surface area contributed by atoms with E-state index in [1.807, 2.05) is 84.9 Å². The second-order valence-electron chi connectivity index (χ2n) is 5.76. The van der Waals surface area contributed by atoms with Crippen LogP contribution in [0.5, 0.6) is 5.75 Å². The van der Waals surface area contributed by atoms with Crippen molar-refractivity contribution in [1.29, 1.82) is 0 Å². The average molecular weight is 331 g/mol. The van der Waals surface area contributed by atoms with Gasteiger partial charge in [0.25, 0.3) is 0 Å². The van der Waals surface area contributed by atoms with E-state index in [1.54, 1.807) is 0 Å². The standard InChI is InChI=1S/C22H21NO2/c24-22(15-8-16-23-20-12-5-2-6-13-20)25-21-14-7-11-19(17-21)18-9-3-1-4-10-18/h1-7,9-14,17,23H,8,15-16H2. The number of carbonyl (C=O) groups excluding carboxylic acids is 1. The molecule has 25 heavy (non-hydrogen) atoms. The molecule has 0 aliphatic rings. The molecule has 3 aromatic rings. The van der Waals surface area contributed by atoms with E-state index in [2.05, 4.69) is 5.32 Å². The molecule has 0 radical (unpaired) electrons. The SMILES string of the molecule is O=C(CCCNc1ccccc1)Oc1cccc(-c2ccccc2)c1. The summed E-state index contributed by atoms with van der Waals surface area (Å²) < 4.78 is 5.46. The second kappa shape index (κ2) is 8.69. The van der Waals surface area contributed by atoms with E-state index in [0.29, 0.717) is 12.2 Å². The Labute approximate surface area is 148 Å². The Morgan fingerprint density at radius 1 is 0.800 bits per heavy atom. The monoisotopic (exact) mass is 331 g/mol. The van der Waals surface area contributed by atoms with Gasteiger partial charge in [-0.05, 0) is 41.8 Å². The third-order valence-corrected chi connectivity index (χ3v) is 3.83. The summed E-state index contributed by atoms with van der Waals surface area (Å²) in [5.41, 5.74) is 3.20. The predicted molar refractivity (Wildman–Crippen MR) is 102 cm³/mol. The van der Waals surface area contributed by atoms with Crippen molar-refractivity contribution in [2.75, 3.05) is 11.9 Å². The van der Waals surface area contributed by atoms with Crippen LogP contribution in [0.3, 0.4) is 0 Å². The topological polar surface area (TPSA) is 38.3 Å². The minimum Gasteiger partial charge on any atom is -0.427 e. The Kier molecular flexibility index (Phi) is 5.83. The highest BCUT2D eigenvalue weighted by Gasteiger charge is 2.06. The fraction of sp³-hybridized carbons (Fsp3) is 0.136. The summed E-state index contributed by atoms with van der Waals surface area (Å²) in [4.78, 5) is 12.0. The van der Waals surface area contributed by atoms with Gasteiger partial charge in [0.2, 0.25) is 0 Å². The third-order valence-electron chi connectivity index (χ3n) is 3.83. The number of ether oxygens (including phenoxy) is 1. The van der Waals surface area contributed by atoms with E-state index in [9.17, 15) is 4.79 Å². The maximum Gasteiger partial charge on any atom is 0.311 e. The molecule has 3 aromatic carbocycles. The van der Waals surface area contributed by atoms with Gasteiger partial charge in [0.05, 0.1) is 0 Å². The summed E-state index contributed by atoms with van der Waals surface area (Å²) in [6, 6.07) is 27.6. The number of rotatable bonds is 7. The number of esters is 1. The lowest BCUT2D eigenvalue weighted by atomic mass is 10.1. The first kappa shape index (κ1) is 16.8. The van der Waals surface area contributed by atoms with Crippen molar-refractivity contribution in [3.8, 4) is 16.9 Å². The third kappa shape index (κ3) is 5.21. The van der Waals surface area contributed by atoms with Crippen LogP contribution in [-0.2, 0) is 4.79 Å². The first-order valence-corrected chi connectivity index (χ1v) is 8.46. The lowest BCUT2D eigenvalue weighted by molar-refractivity contribution is -0.134. The molecule has 0 saturated carbocycles. The van der Waals surface area contributed by atoms with Gasteiger partial charge in [-0.1, -0.05) is 60.7 Å². The van der Waals surface area contributed by atoms with E-state index in [4.69, 9.17) is 4.74 Å². The molecule has 0 heterocycles. The summed E-state index contributed by atoms with van der Waals surface area (Å²) in [5.74, 6) is 0.377. The quantitative estimate of drug-likeness (QED) is 0.369. The van der Waals surface area contributed by atoms with Gasteiger partial charge in [-0.25, -0.2) is 0 Å². The van der Waals surface area contributed by atoms with Crippen molar-refractivity contribution < 1.29 is 9.53 Å². The van der Waals surface area contributed by atoms with Crippen molar-refractivity contribution >= 4 is 11.7 Å². The van der Waals surface area contributed by atoms with E-state index in [-0.39, 0.29) is 5.97 Å². The number of para-hydroxylation sites is 1. The molecular formula is C22H21NO2. The molecule has 0 saturated heterocycles. The van der Waals surface area contributed by atoms with Crippen LogP contribution in [0.1, 0.15) is 12.8 Å². The Hall–Kier alpha value is -3.07. The van der Waals surface area contributed by atoms with Gasteiger partial charge >= 0.3 is 5.97 Å². The molecule has 0 aliphatic heterocycles. The Morgan fingerprint density at radius 3 is 2.24 bits per heavy atom. The number of hydrogen-bond acceptors (Lipinski definition) is 3. The van der Waals surface area contributed by atoms with Gasteiger partial charge in [0, 0.05) is 18.7 Å². The normalized spacial score (nSPS) is 10.2. The molecule has 0 atom stereocenters. The molecule has 0 bridgehead atoms. The second-order valence-corrected chi connectivity index (χ2v) is 5.76. The van der Waals surface area contributed by atoms with Crippen LogP contribution in [0.15, 0.2) is 84.9 Å². The predicted octanol–water partition coefficient (Wildman–Crippen LogP) is 5.15. The molecule has 3 nitrogen and oxygen atoms in total. The number of anilines is 1. The Morgan fingerprint density at radius 2 is 1.48 bits per heavy atom. The molecule has 126 valence electrons. The van der Waals surface area contributed by atoms with Crippen LogP contribution in [-0.4, -0.2) is 12.5 Å². The van der Waals surface area contributed by atoms with Crippen LogP contribution >= 0.6 is 0 Å². The zero-order valence-electron chi connectivity index (χ0n) is 14.0. The van der Waals surface area contributed by atoms with Crippen LogP contribution in [0.2, 0.25) is 0 Å². The van der Waals surface area contributed by atoms with E-state index >= 15 is 0 Å². The van der Waals surface area contributed by atoms with Crippen molar-refractivity contribution in [2.24, 2.45) is 0 Å². The maximum atomic E-state index is 12.0. The highest BCUT2D eigenvalue weighted by atomic mass is 16.5. The molecule has 0 fully saturated rings. The molecule has 0 aromatic heterocycles. The summed E-state index contributed by atoms with van der Waals surface area (Å²) >= 11 is 0. The summed E-state index contributed by atoms with van der Waals surface area (Å²) in [5, 5.41) is 3.29. The van der Waals surface area contributed by atoms with Crippen molar-refractivity contribution in [1.82, 2.24) is 0 Å². The molecule has 0 aliphatic carbocycles. The number of benzene rings is 3. The molecule has 0 amide bonds. The Balaban J connectivity index is 1.48. The minimum atomic E-state index is -0.208. The van der Waals surface area contributed by atoms with Crippen molar-refractivity contribution in [3.05, 3.63) is 84.9 Å². The Bertz CT molecular complexity index is 801. The molecule has 1 N–H and O–H groups in total. The van der Waals surface area contributed by atoms with Crippen molar-refractivity contribution in [3.63, 3.8) is 0 Å².